The van der Waals surface area contributed by atoms with Crippen molar-refractivity contribution in [3.63, 3.8) is 0 Å². The first-order valence-corrected chi connectivity index (χ1v) is 16.5. The summed E-state index contributed by atoms with van der Waals surface area (Å²) in [6.45, 7) is 6.91. The van der Waals surface area contributed by atoms with Crippen LogP contribution in [0.1, 0.15) is 57.0 Å². The van der Waals surface area contributed by atoms with Gasteiger partial charge in [0, 0.05) is 25.3 Å². The molecule has 0 bridgehead atoms. The number of hydrogen-bond acceptors (Lipinski definition) is 8. The third-order valence-electron chi connectivity index (χ3n) is 7.93. The number of methoxy groups -OCH3 is 1. The largest absolute Gasteiger partial charge is 0.495 e. The summed E-state index contributed by atoms with van der Waals surface area (Å²) in [5.74, 6) is -3.64. The van der Waals surface area contributed by atoms with E-state index in [1.165, 1.54) is 19.3 Å². The van der Waals surface area contributed by atoms with Crippen LogP contribution in [0.25, 0.3) is 0 Å². The number of benzene rings is 2. The Morgan fingerprint density at radius 1 is 1.02 bits per heavy atom. The van der Waals surface area contributed by atoms with Crippen molar-refractivity contribution >= 4 is 47.0 Å². The second-order valence-corrected chi connectivity index (χ2v) is 13.1. The van der Waals surface area contributed by atoms with Crippen molar-refractivity contribution in [1.29, 1.82) is 0 Å². The number of aliphatic hydroxyl groups is 1. The van der Waals surface area contributed by atoms with Crippen molar-refractivity contribution < 1.29 is 38.5 Å². The van der Waals surface area contributed by atoms with E-state index in [1.54, 1.807) is 56.3 Å². The summed E-state index contributed by atoms with van der Waals surface area (Å²) in [5.41, 5.74) is 1.36. The van der Waals surface area contributed by atoms with Crippen LogP contribution in [0.2, 0.25) is 5.02 Å². The van der Waals surface area contributed by atoms with E-state index in [1.807, 2.05) is 19.9 Å². The third-order valence-corrected chi connectivity index (χ3v) is 8.73. The Balaban J connectivity index is 1.92. The molecule has 12 heteroatoms. The van der Waals surface area contributed by atoms with Crippen LogP contribution >= 0.6 is 23.2 Å². The molecule has 2 aromatic rings. The summed E-state index contributed by atoms with van der Waals surface area (Å²) >= 11 is 12.9. The van der Waals surface area contributed by atoms with Gasteiger partial charge < -0.3 is 30.0 Å². The molecule has 1 heterocycles. The lowest BCUT2D eigenvalue weighted by molar-refractivity contribution is -0.177. The van der Waals surface area contributed by atoms with Crippen LogP contribution in [0.15, 0.2) is 60.7 Å². The van der Waals surface area contributed by atoms with Crippen LogP contribution in [0.3, 0.4) is 0 Å². The summed E-state index contributed by atoms with van der Waals surface area (Å²) in [6, 6.07) is 13.0. The quantitative estimate of drug-likeness (QED) is 0.249. The van der Waals surface area contributed by atoms with Crippen molar-refractivity contribution in [2.45, 2.75) is 76.7 Å². The monoisotopic (exact) mass is 690 g/mol. The molecule has 2 amide bonds. The molecular weight excluding hydrogens is 647 g/mol. The van der Waals surface area contributed by atoms with E-state index in [9.17, 15) is 24.3 Å². The van der Waals surface area contributed by atoms with Crippen molar-refractivity contribution in [3.8, 4) is 5.75 Å². The second kappa shape index (κ2) is 18.1. The summed E-state index contributed by atoms with van der Waals surface area (Å²) in [5, 5.41) is 16.2. The van der Waals surface area contributed by atoms with E-state index < -0.39 is 65.3 Å². The zero-order valence-corrected chi connectivity index (χ0v) is 28.8. The molecule has 0 saturated carbocycles. The molecule has 256 valence electrons. The molecule has 1 aliphatic heterocycles. The van der Waals surface area contributed by atoms with Gasteiger partial charge >= 0.3 is 11.9 Å². The van der Waals surface area contributed by atoms with Crippen molar-refractivity contribution in [1.82, 2.24) is 10.6 Å². The lowest BCUT2D eigenvalue weighted by Crippen LogP contribution is -2.49. The molecule has 2 aromatic carbocycles. The average Bonchev–Trinajstić information content (AvgIpc) is 3.04. The zero-order valence-electron chi connectivity index (χ0n) is 27.3. The number of carbonyl (C=O) groups excluding carboxylic acids is 4. The molecular formula is C35H44Cl2N2O8. The molecule has 0 radical (unpaired) electrons. The van der Waals surface area contributed by atoms with E-state index in [-0.39, 0.29) is 31.7 Å². The maximum absolute atomic E-state index is 13.5. The standard InChI is InChI=1S/C35H44Cl2N2O8/c1-20(2)16-29-35(44)46-27(22(4)32(41)31(37)24-10-7-6-8-11-24)12-9-13-30(40)39-26(33(42)38-19-21(3)34(43)47-29)18-23-14-15-28(45-5)25(36)17-23/h6-11,13-15,17,20-22,26-27,29,31-32,41H,12,16,18-19H2,1-5H3,(H,38,42)(H,39,40)/b13-9+/t21-,22+,26?,27+,29+,31+,32-/m1/s1. The number of rotatable bonds is 9. The van der Waals surface area contributed by atoms with Gasteiger partial charge in [-0.15, -0.1) is 11.6 Å². The highest BCUT2D eigenvalue weighted by Crippen LogP contribution is 2.32. The van der Waals surface area contributed by atoms with E-state index in [2.05, 4.69) is 10.6 Å². The van der Waals surface area contributed by atoms with Crippen molar-refractivity contribution in [2.24, 2.45) is 17.8 Å². The number of aliphatic hydroxyl groups excluding tert-OH is 1. The first-order chi connectivity index (χ1) is 22.3. The minimum Gasteiger partial charge on any atom is -0.495 e. The Hall–Kier alpha value is -3.60. The Bertz CT molecular complexity index is 1400. The van der Waals surface area contributed by atoms with Gasteiger partial charge in [-0.1, -0.05) is 81.8 Å². The lowest BCUT2D eigenvalue weighted by Gasteiger charge is -2.31. The smallest absolute Gasteiger partial charge is 0.347 e. The molecule has 0 spiro atoms. The average molecular weight is 692 g/mol. The Kier molecular flexibility index (Phi) is 14.6. The molecule has 7 atom stereocenters. The number of ether oxygens (including phenoxy) is 3. The van der Waals surface area contributed by atoms with E-state index in [0.29, 0.717) is 21.9 Å². The van der Waals surface area contributed by atoms with Gasteiger partial charge in [-0.3, -0.25) is 14.4 Å². The van der Waals surface area contributed by atoms with Crippen molar-refractivity contribution in [2.75, 3.05) is 13.7 Å². The van der Waals surface area contributed by atoms with Crippen LogP contribution in [0.4, 0.5) is 0 Å². The molecule has 10 nitrogen and oxygen atoms in total. The number of hydrogen-bond donors (Lipinski definition) is 3. The van der Waals surface area contributed by atoms with Crippen molar-refractivity contribution in [3.05, 3.63) is 76.8 Å². The van der Waals surface area contributed by atoms with Crippen LogP contribution in [0, 0.1) is 17.8 Å². The van der Waals surface area contributed by atoms with Gasteiger partial charge in [-0.05, 0) is 41.7 Å². The molecule has 3 N–H and O–H groups in total. The number of alkyl halides is 1. The first-order valence-electron chi connectivity index (χ1n) is 15.7. The number of halogens is 2. The highest BCUT2D eigenvalue weighted by Gasteiger charge is 2.36. The Morgan fingerprint density at radius 2 is 1.72 bits per heavy atom. The molecule has 1 unspecified atom stereocenters. The Labute approximate surface area is 286 Å². The maximum Gasteiger partial charge on any atom is 0.347 e. The number of amides is 2. The van der Waals surface area contributed by atoms with Gasteiger partial charge in [0.1, 0.15) is 17.9 Å². The van der Waals surface area contributed by atoms with Gasteiger partial charge in [-0.2, -0.15) is 0 Å². The van der Waals surface area contributed by atoms with Crippen LogP contribution in [-0.4, -0.2) is 66.9 Å². The highest BCUT2D eigenvalue weighted by molar-refractivity contribution is 6.32. The molecule has 3 rings (SSSR count). The molecule has 0 fully saturated rings. The van der Waals surface area contributed by atoms with Gasteiger partial charge in [0.15, 0.2) is 6.10 Å². The molecule has 1 aliphatic rings. The van der Waals surface area contributed by atoms with Crippen LogP contribution in [0.5, 0.6) is 5.75 Å². The molecule has 47 heavy (non-hydrogen) atoms. The summed E-state index contributed by atoms with van der Waals surface area (Å²) in [4.78, 5) is 52.9. The van der Waals surface area contributed by atoms with Gasteiger partial charge in [0.2, 0.25) is 11.8 Å². The first kappa shape index (κ1) is 37.9. The minimum atomic E-state index is -1.22. The van der Waals surface area contributed by atoms with Crippen LogP contribution < -0.4 is 15.4 Å². The normalized spacial score (nSPS) is 24.3. The third kappa shape index (κ3) is 11.3. The number of cyclic esters (lactones) is 2. The van der Waals surface area contributed by atoms with E-state index >= 15 is 0 Å². The molecule has 0 aromatic heterocycles. The topological polar surface area (TPSA) is 140 Å². The number of esters is 2. The number of carbonyl (C=O) groups is 4. The predicted octanol–water partition coefficient (Wildman–Crippen LogP) is 4.93. The van der Waals surface area contributed by atoms with Gasteiger partial charge in [-0.25, -0.2) is 4.79 Å². The number of nitrogens with one attached hydrogen (secondary N) is 2. The van der Waals surface area contributed by atoms with Crippen LogP contribution in [-0.2, 0) is 35.1 Å². The summed E-state index contributed by atoms with van der Waals surface area (Å²) in [6.07, 6.45) is -0.230. The summed E-state index contributed by atoms with van der Waals surface area (Å²) < 4.78 is 16.7. The maximum atomic E-state index is 13.5. The lowest BCUT2D eigenvalue weighted by atomic mass is 9.90. The highest BCUT2D eigenvalue weighted by atomic mass is 35.5. The second-order valence-electron chi connectivity index (χ2n) is 12.2. The summed E-state index contributed by atoms with van der Waals surface area (Å²) in [7, 11) is 1.49. The van der Waals surface area contributed by atoms with Gasteiger partial charge in [0.25, 0.3) is 0 Å². The SMILES string of the molecule is COc1ccc(CC2NC(=O)/C=C/C[C@@H]([C@H](C)[C@@H](O)[C@@H](Cl)c3ccccc3)OC(=O)[C@H](CC(C)C)OC(=O)[C@H](C)CNC2=O)cc1Cl. The Morgan fingerprint density at radius 3 is 2.36 bits per heavy atom. The predicted molar refractivity (Wildman–Crippen MR) is 179 cm³/mol. The fourth-order valence-electron chi connectivity index (χ4n) is 5.06. The fourth-order valence-corrected chi connectivity index (χ4v) is 5.72. The van der Waals surface area contributed by atoms with E-state index in [0.717, 1.165) is 0 Å². The molecule has 0 aliphatic carbocycles. The molecule has 0 saturated heterocycles. The minimum absolute atomic E-state index is 0.0245. The van der Waals surface area contributed by atoms with Gasteiger partial charge in [0.05, 0.1) is 29.5 Å². The van der Waals surface area contributed by atoms with E-state index in [4.69, 9.17) is 37.4 Å². The zero-order chi connectivity index (χ0) is 34.7. The fraction of sp³-hybridized carbons (Fsp3) is 0.486.